The lowest BCUT2D eigenvalue weighted by Crippen LogP contribution is -2.52. The molecular formula is C15H20Cl2N2O. The maximum absolute atomic E-state index is 10.7. The monoisotopic (exact) mass is 314 g/mol. The molecule has 1 aromatic heterocycles. The first kappa shape index (κ1) is 14.6. The maximum Gasteiger partial charge on any atom is 0.135 e. The summed E-state index contributed by atoms with van der Waals surface area (Å²) in [7, 11) is 0. The number of hydrogen-bond acceptors (Lipinski definition) is 3. The van der Waals surface area contributed by atoms with Crippen LogP contribution in [0.4, 0.5) is 0 Å². The van der Waals surface area contributed by atoms with E-state index < -0.39 is 5.60 Å². The number of likely N-dealkylation sites (tertiary alicyclic amines) is 1. The summed E-state index contributed by atoms with van der Waals surface area (Å²) in [5.41, 5.74) is 0.592. The molecule has 0 amide bonds. The van der Waals surface area contributed by atoms with E-state index in [2.05, 4.69) is 9.88 Å². The summed E-state index contributed by atoms with van der Waals surface area (Å²) in [6.45, 7) is 2.66. The Morgan fingerprint density at radius 3 is 2.95 bits per heavy atom. The van der Waals surface area contributed by atoms with Crippen LogP contribution in [0.3, 0.4) is 0 Å². The van der Waals surface area contributed by atoms with Gasteiger partial charge < -0.3 is 5.11 Å². The number of piperidine rings is 1. The first-order valence-corrected chi connectivity index (χ1v) is 8.08. The number of aromatic nitrogens is 1. The zero-order valence-electron chi connectivity index (χ0n) is 11.5. The van der Waals surface area contributed by atoms with Gasteiger partial charge in [0.2, 0.25) is 0 Å². The van der Waals surface area contributed by atoms with E-state index in [4.69, 9.17) is 23.2 Å². The lowest BCUT2D eigenvalue weighted by molar-refractivity contribution is -0.0967. The molecule has 2 unspecified atom stereocenters. The third-order valence-electron chi connectivity index (χ3n) is 4.80. The van der Waals surface area contributed by atoms with Gasteiger partial charge in [-0.05, 0) is 25.3 Å². The van der Waals surface area contributed by atoms with E-state index in [1.165, 1.54) is 12.8 Å². The van der Waals surface area contributed by atoms with Gasteiger partial charge in [0.1, 0.15) is 10.3 Å². The number of nitrogens with zero attached hydrogens (tertiary/aromatic N) is 2. The van der Waals surface area contributed by atoms with Crippen LogP contribution in [0, 0.1) is 5.92 Å². The first-order valence-electron chi connectivity index (χ1n) is 7.32. The van der Waals surface area contributed by atoms with Crippen LogP contribution in [0.5, 0.6) is 0 Å². The fraction of sp³-hybridized carbons (Fsp3) is 0.667. The second-order valence-electron chi connectivity index (χ2n) is 6.12. The highest BCUT2D eigenvalue weighted by molar-refractivity contribution is 6.32. The van der Waals surface area contributed by atoms with E-state index in [1.54, 1.807) is 6.07 Å². The van der Waals surface area contributed by atoms with Crippen LogP contribution < -0.4 is 0 Å². The molecule has 1 saturated carbocycles. The minimum Gasteiger partial charge on any atom is -0.390 e. The van der Waals surface area contributed by atoms with E-state index >= 15 is 0 Å². The summed E-state index contributed by atoms with van der Waals surface area (Å²) in [5, 5.41) is 11.6. The molecule has 1 N–H and O–H groups in total. The van der Waals surface area contributed by atoms with E-state index in [9.17, 15) is 5.11 Å². The van der Waals surface area contributed by atoms with Crippen molar-refractivity contribution in [3.63, 3.8) is 0 Å². The SMILES string of the molecule is OC12CCCCC1CN(Cc1ccc(Cl)nc1Cl)CC2. The van der Waals surface area contributed by atoms with Gasteiger partial charge in [-0.3, -0.25) is 4.90 Å². The Hall–Kier alpha value is -0.350. The van der Waals surface area contributed by atoms with Crippen LogP contribution in [0.25, 0.3) is 0 Å². The number of rotatable bonds is 2. The summed E-state index contributed by atoms with van der Waals surface area (Å²) in [6, 6.07) is 3.73. The van der Waals surface area contributed by atoms with Gasteiger partial charge in [0.25, 0.3) is 0 Å². The molecule has 5 heteroatoms. The predicted molar refractivity (Wildman–Crippen MR) is 81.1 cm³/mol. The van der Waals surface area contributed by atoms with Crippen LogP contribution in [-0.2, 0) is 6.54 Å². The summed E-state index contributed by atoms with van der Waals surface area (Å²) >= 11 is 12.0. The third-order valence-corrected chi connectivity index (χ3v) is 5.34. The molecule has 0 radical (unpaired) electrons. The Morgan fingerprint density at radius 1 is 1.30 bits per heavy atom. The smallest absolute Gasteiger partial charge is 0.135 e. The molecule has 2 atom stereocenters. The molecule has 2 aliphatic rings. The lowest BCUT2D eigenvalue weighted by Gasteiger charge is -2.47. The van der Waals surface area contributed by atoms with Crippen LogP contribution in [0.2, 0.25) is 10.3 Å². The van der Waals surface area contributed by atoms with Crippen molar-refractivity contribution in [2.75, 3.05) is 13.1 Å². The van der Waals surface area contributed by atoms with Crippen molar-refractivity contribution in [1.29, 1.82) is 0 Å². The van der Waals surface area contributed by atoms with Gasteiger partial charge in [-0.15, -0.1) is 0 Å². The molecular weight excluding hydrogens is 295 g/mol. The number of halogens is 2. The Kier molecular flexibility index (Phi) is 4.23. The summed E-state index contributed by atoms with van der Waals surface area (Å²) in [5.74, 6) is 0.407. The average molecular weight is 315 g/mol. The Balaban J connectivity index is 1.67. The van der Waals surface area contributed by atoms with Gasteiger partial charge in [0, 0.05) is 31.1 Å². The van der Waals surface area contributed by atoms with Crippen molar-refractivity contribution in [3.8, 4) is 0 Å². The number of hydrogen-bond donors (Lipinski definition) is 1. The van der Waals surface area contributed by atoms with Gasteiger partial charge in [-0.1, -0.05) is 42.1 Å². The Labute approximate surface area is 129 Å². The van der Waals surface area contributed by atoms with E-state index in [0.29, 0.717) is 16.2 Å². The molecule has 1 saturated heterocycles. The van der Waals surface area contributed by atoms with E-state index in [1.807, 2.05) is 6.07 Å². The fourth-order valence-electron chi connectivity index (χ4n) is 3.58. The van der Waals surface area contributed by atoms with Crippen LogP contribution in [-0.4, -0.2) is 33.7 Å². The fourth-order valence-corrected chi connectivity index (χ4v) is 3.99. The number of pyridine rings is 1. The largest absolute Gasteiger partial charge is 0.390 e. The van der Waals surface area contributed by atoms with Gasteiger partial charge in [0.05, 0.1) is 5.60 Å². The summed E-state index contributed by atoms with van der Waals surface area (Å²) < 4.78 is 0. The Morgan fingerprint density at radius 2 is 2.15 bits per heavy atom. The number of aliphatic hydroxyl groups is 1. The topological polar surface area (TPSA) is 36.4 Å². The van der Waals surface area contributed by atoms with Crippen molar-refractivity contribution in [2.24, 2.45) is 5.92 Å². The highest BCUT2D eigenvalue weighted by atomic mass is 35.5. The van der Waals surface area contributed by atoms with Gasteiger partial charge in [-0.2, -0.15) is 0 Å². The molecule has 110 valence electrons. The molecule has 2 heterocycles. The standard InChI is InChI=1S/C15H20Cl2N2O/c16-13-5-4-11(14(17)18-13)9-19-8-7-15(20)6-2-1-3-12(15)10-19/h4-5,12,20H,1-3,6-10H2. The quantitative estimate of drug-likeness (QED) is 0.849. The molecule has 0 spiro atoms. The highest BCUT2D eigenvalue weighted by Gasteiger charge is 2.42. The van der Waals surface area contributed by atoms with E-state index in [-0.39, 0.29) is 0 Å². The highest BCUT2D eigenvalue weighted by Crippen LogP contribution is 2.40. The van der Waals surface area contributed by atoms with Crippen molar-refractivity contribution in [2.45, 2.75) is 44.2 Å². The van der Waals surface area contributed by atoms with Crippen molar-refractivity contribution >= 4 is 23.2 Å². The van der Waals surface area contributed by atoms with Gasteiger partial charge >= 0.3 is 0 Å². The first-order chi connectivity index (χ1) is 9.57. The van der Waals surface area contributed by atoms with Crippen molar-refractivity contribution in [3.05, 3.63) is 28.0 Å². The zero-order valence-corrected chi connectivity index (χ0v) is 13.0. The second-order valence-corrected chi connectivity index (χ2v) is 6.86. The molecule has 1 aliphatic carbocycles. The molecule has 2 fully saturated rings. The third kappa shape index (κ3) is 2.96. The summed E-state index contributed by atoms with van der Waals surface area (Å²) in [4.78, 5) is 6.47. The van der Waals surface area contributed by atoms with Gasteiger partial charge in [-0.25, -0.2) is 4.98 Å². The predicted octanol–water partition coefficient (Wildman–Crippen LogP) is 3.52. The molecule has 0 bridgehead atoms. The normalized spacial score (nSPS) is 31.1. The van der Waals surface area contributed by atoms with Gasteiger partial charge in [0.15, 0.2) is 0 Å². The molecule has 3 nitrogen and oxygen atoms in total. The zero-order chi connectivity index (χ0) is 14.2. The minimum atomic E-state index is -0.420. The van der Waals surface area contributed by atoms with Crippen LogP contribution >= 0.6 is 23.2 Å². The number of fused-ring (bicyclic) bond motifs is 1. The molecule has 1 aliphatic heterocycles. The van der Waals surface area contributed by atoms with Crippen LogP contribution in [0.15, 0.2) is 12.1 Å². The molecule has 3 rings (SSSR count). The minimum absolute atomic E-state index is 0.407. The second kappa shape index (κ2) is 5.80. The molecule has 0 aromatic carbocycles. The summed E-state index contributed by atoms with van der Waals surface area (Å²) in [6.07, 6.45) is 5.38. The Bertz CT molecular complexity index is 497. The molecule has 20 heavy (non-hydrogen) atoms. The molecule has 1 aromatic rings. The maximum atomic E-state index is 10.7. The lowest BCUT2D eigenvalue weighted by atomic mass is 9.71. The van der Waals surface area contributed by atoms with Crippen molar-refractivity contribution < 1.29 is 5.11 Å². The van der Waals surface area contributed by atoms with Crippen molar-refractivity contribution in [1.82, 2.24) is 9.88 Å². The average Bonchev–Trinajstić information content (AvgIpc) is 2.42. The van der Waals surface area contributed by atoms with Crippen LogP contribution in [0.1, 0.15) is 37.7 Å². The van der Waals surface area contributed by atoms with E-state index in [0.717, 1.165) is 44.5 Å².